The number of alkyl halides is 3. The highest BCUT2D eigenvalue weighted by Crippen LogP contribution is 2.32. The maximum absolute atomic E-state index is 13.7. The van der Waals surface area contributed by atoms with Crippen molar-refractivity contribution < 1.29 is 32.6 Å². The van der Waals surface area contributed by atoms with Crippen LogP contribution in [0.15, 0.2) is 54.7 Å². The second-order valence-corrected chi connectivity index (χ2v) is 8.93. The number of halogens is 3. The molecule has 3 aromatic rings. The average molecular weight is 539 g/mol. The Morgan fingerprint density at radius 1 is 1.15 bits per heavy atom. The van der Waals surface area contributed by atoms with Gasteiger partial charge in [-0.15, -0.1) is 0 Å². The van der Waals surface area contributed by atoms with Crippen molar-refractivity contribution in [3.8, 4) is 11.8 Å². The van der Waals surface area contributed by atoms with Gasteiger partial charge in [-0.25, -0.2) is 14.8 Å². The number of carbonyl (C=O) groups is 2. The summed E-state index contributed by atoms with van der Waals surface area (Å²) in [5.74, 6) is 4.69. The zero-order valence-electron chi connectivity index (χ0n) is 21.0. The molecule has 2 N–H and O–H groups in total. The lowest BCUT2D eigenvalue weighted by Crippen LogP contribution is -2.38. The van der Waals surface area contributed by atoms with Gasteiger partial charge in [0.25, 0.3) is 0 Å². The molecule has 1 aliphatic rings. The Hall–Kier alpha value is -4.59. The second kappa shape index (κ2) is 11.9. The zero-order chi connectivity index (χ0) is 28.0. The number of amides is 1. The number of methoxy groups -OCH3 is 1. The molecule has 1 aliphatic heterocycles. The number of benzene rings is 2. The number of hydrogen-bond donors (Lipinski definition) is 2. The number of piperidine rings is 1. The predicted molar refractivity (Wildman–Crippen MR) is 136 cm³/mol. The van der Waals surface area contributed by atoms with Crippen LogP contribution >= 0.6 is 0 Å². The summed E-state index contributed by atoms with van der Waals surface area (Å²) in [6.07, 6.45) is -3.43. The number of esters is 1. The van der Waals surface area contributed by atoms with E-state index in [0.29, 0.717) is 36.1 Å². The molecule has 0 radical (unpaired) electrons. The van der Waals surface area contributed by atoms with Crippen molar-refractivity contribution in [1.82, 2.24) is 14.9 Å². The Labute approximate surface area is 222 Å². The predicted octanol–water partition coefficient (Wildman–Crippen LogP) is 5.21. The van der Waals surface area contributed by atoms with Crippen LogP contribution in [0.3, 0.4) is 0 Å². The number of hydrogen-bond acceptors (Lipinski definition) is 6. The highest BCUT2D eigenvalue weighted by Gasteiger charge is 2.35. The van der Waals surface area contributed by atoms with E-state index in [-0.39, 0.29) is 18.3 Å². The van der Waals surface area contributed by atoms with E-state index in [0.717, 1.165) is 18.4 Å². The van der Waals surface area contributed by atoms with E-state index in [1.165, 1.54) is 12.0 Å². The van der Waals surface area contributed by atoms with Gasteiger partial charge in [-0.3, -0.25) is 4.79 Å². The first-order valence-corrected chi connectivity index (χ1v) is 12.1. The van der Waals surface area contributed by atoms with Crippen LogP contribution in [0.2, 0.25) is 0 Å². The number of aromatic nitrogens is 2. The normalized spacial score (nSPS) is 15.2. The summed E-state index contributed by atoms with van der Waals surface area (Å²) >= 11 is 0. The van der Waals surface area contributed by atoms with Crippen LogP contribution in [-0.4, -0.2) is 52.2 Å². The Morgan fingerprint density at radius 3 is 2.59 bits per heavy atom. The third-order valence-corrected chi connectivity index (χ3v) is 6.32. The fraction of sp³-hybridized carbons (Fsp3) is 0.286. The molecular formula is C28H25F3N4O4. The number of rotatable bonds is 5. The molecule has 4 rings (SSSR count). The van der Waals surface area contributed by atoms with Crippen molar-refractivity contribution in [2.75, 3.05) is 25.5 Å². The minimum atomic E-state index is -4.72. The van der Waals surface area contributed by atoms with Crippen LogP contribution in [0.5, 0.6) is 0 Å². The van der Waals surface area contributed by atoms with Gasteiger partial charge in [-0.2, -0.15) is 13.2 Å². The highest BCUT2D eigenvalue weighted by atomic mass is 19.4. The topological polar surface area (TPSA) is 105 Å². The molecule has 2 aromatic carbocycles. The molecule has 1 amide bonds. The van der Waals surface area contributed by atoms with Crippen LogP contribution in [0, 0.1) is 11.8 Å². The summed E-state index contributed by atoms with van der Waals surface area (Å²) in [4.78, 5) is 32.2. The third kappa shape index (κ3) is 7.04. The lowest BCUT2D eigenvalue weighted by molar-refractivity contribution is -0.140. The Balaban J connectivity index is 1.57. The lowest BCUT2D eigenvalue weighted by atomic mass is 9.91. The molecule has 1 atom stereocenters. The van der Waals surface area contributed by atoms with Gasteiger partial charge in [-0.05, 0) is 48.1 Å². The van der Waals surface area contributed by atoms with Crippen molar-refractivity contribution in [3.63, 3.8) is 0 Å². The molecule has 0 bridgehead atoms. The third-order valence-electron chi connectivity index (χ3n) is 6.32. The first-order valence-electron chi connectivity index (χ1n) is 12.1. The maximum Gasteiger partial charge on any atom is 0.420 e. The number of carbonyl (C=O) groups excluding carboxylic acids is 1. The Kier molecular flexibility index (Phi) is 8.34. The van der Waals surface area contributed by atoms with E-state index >= 15 is 0 Å². The summed E-state index contributed by atoms with van der Waals surface area (Å²) in [6.45, 7) is 0.924. The minimum absolute atomic E-state index is 0.0650. The number of nitrogens with one attached hydrogen (secondary N) is 1. The van der Waals surface area contributed by atoms with Gasteiger partial charge in [0.15, 0.2) is 0 Å². The van der Waals surface area contributed by atoms with E-state index in [1.54, 1.807) is 36.4 Å². The molecule has 11 heteroatoms. The first-order chi connectivity index (χ1) is 18.6. The molecule has 1 saturated heterocycles. The second-order valence-electron chi connectivity index (χ2n) is 8.93. The van der Waals surface area contributed by atoms with Crippen LogP contribution < -0.4 is 5.32 Å². The molecule has 0 saturated carbocycles. The monoisotopic (exact) mass is 538 g/mol. The fourth-order valence-corrected chi connectivity index (χ4v) is 4.29. The van der Waals surface area contributed by atoms with Gasteiger partial charge in [0.2, 0.25) is 5.95 Å². The molecule has 8 nitrogen and oxygen atoms in total. The van der Waals surface area contributed by atoms with Gasteiger partial charge >= 0.3 is 18.2 Å². The van der Waals surface area contributed by atoms with E-state index < -0.39 is 29.5 Å². The molecule has 1 fully saturated rings. The van der Waals surface area contributed by atoms with Crippen LogP contribution in [0.25, 0.3) is 0 Å². The molecule has 1 aromatic heterocycles. The summed E-state index contributed by atoms with van der Waals surface area (Å²) in [5, 5.41) is 12.2. The Bertz CT molecular complexity index is 1410. The number of ether oxygens (including phenoxy) is 1. The van der Waals surface area contributed by atoms with Crippen molar-refractivity contribution in [2.24, 2.45) is 0 Å². The average Bonchev–Trinajstić information content (AvgIpc) is 2.92. The standard InChI is InChI=1S/C28H25F3N4O4/c1-39-25(36)15-20-6-3-2-5-18(20)10-13-24-23(28(29,30)31)16-32-26(34-24)33-22-11-8-19(9-12-22)21-7-4-14-35(17-21)27(37)38/h2-3,5-6,8-9,11-12,16,21H,4,7,14-15,17H2,1H3,(H,37,38)(H,32,33,34). The van der Waals surface area contributed by atoms with E-state index in [1.807, 2.05) is 12.1 Å². The van der Waals surface area contributed by atoms with E-state index in [2.05, 4.69) is 31.9 Å². The lowest BCUT2D eigenvalue weighted by Gasteiger charge is -2.31. The SMILES string of the molecule is COC(=O)Cc1ccccc1C#Cc1nc(Nc2ccc(C3CCCN(C(=O)O)C3)cc2)ncc1C(F)(F)F. The molecule has 0 aliphatic carbocycles. The van der Waals surface area contributed by atoms with Gasteiger partial charge in [0.05, 0.1) is 13.5 Å². The number of carboxylic acid groups (broad SMARTS) is 1. The largest absolute Gasteiger partial charge is 0.469 e. The smallest absolute Gasteiger partial charge is 0.420 e. The van der Waals surface area contributed by atoms with Crippen LogP contribution in [-0.2, 0) is 22.1 Å². The van der Waals surface area contributed by atoms with Crippen LogP contribution in [0.4, 0.5) is 29.6 Å². The van der Waals surface area contributed by atoms with Gasteiger partial charge in [0.1, 0.15) is 11.3 Å². The Morgan fingerprint density at radius 2 is 1.90 bits per heavy atom. The molecule has 2 heterocycles. The molecule has 202 valence electrons. The van der Waals surface area contributed by atoms with Gasteiger partial charge in [0, 0.05) is 36.5 Å². The summed E-state index contributed by atoms with van der Waals surface area (Å²) in [5.41, 5.74) is 0.817. The zero-order valence-corrected chi connectivity index (χ0v) is 21.0. The molecule has 1 unspecified atom stereocenters. The maximum atomic E-state index is 13.7. The van der Waals surface area contributed by atoms with Crippen molar-refractivity contribution >= 4 is 23.7 Å². The van der Waals surface area contributed by atoms with Gasteiger partial charge < -0.3 is 20.1 Å². The van der Waals surface area contributed by atoms with Crippen LogP contribution in [0.1, 0.15) is 46.7 Å². The molecule has 0 spiro atoms. The minimum Gasteiger partial charge on any atom is -0.469 e. The van der Waals surface area contributed by atoms with E-state index in [9.17, 15) is 27.9 Å². The summed E-state index contributed by atoms with van der Waals surface area (Å²) in [6, 6.07) is 13.8. The molecular weight excluding hydrogens is 513 g/mol. The number of anilines is 2. The number of likely N-dealkylation sites (tertiary alicyclic amines) is 1. The fourth-order valence-electron chi connectivity index (χ4n) is 4.29. The quantitative estimate of drug-likeness (QED) is 0.339. The molecule has 39 heavy (non-hydrogen) atoms. The van der Waals surface area contributed by atoms with Crippen molar-refractivity contribution in [1.29, 1.82) is 0 Å². The van der Waals surface area contributed by atoms with Gasteiger partial charge in [-0.1, -0.05) is 36.3 Å². The van der Waals surface area contributed by atoms with E-state index in [4.69, 9.17) is 0 Å². The summed E-state index contributed by atoms with van der Waals surface area (Å²) < 4.78 is 45.7. The van der Waals surface area contributed by atoms with Crippen molar-refractivity contribution in [2.45, 2.75) is 31.4 Å². The van der Waals surface area contributed by atoms with Crippen molar-refractivity contribution in [3.05, 3.63) is 82.7 Å². The summed E-state index contributed by atoms with van der Waals surface area (Å²) in [7, 11) is 1.25. The highest BCUT2D eigenvalue weighted by molar-refractivity contribution is 5.73. The number of nitrogens with zero attached hydrogens (tertiary/aromatic N) is 3. The first kappa shape index (κ1) is 27.4.